The van der Waals surface area contributed by atoms with E-state index in [9.17, 15) is 13.5 Å². The third kappa shape index (κ3) is 4.51. The van der Waals surface area contributed by atoms with Crippen LogP contribution in [-0.4, -0.2) is 39.4 Å². The van der Waals surface area contributed by atoms with Gasteiger partial charge >= 0.3 is 0 Å². The first-order valence-corrected chi connectivity index (χ1v) is 12.8. The van der Waals surface area contributed by atoms with Crippen LogP contribution < -0.4 is 9.04 Å². The molecule has 2 aromatic rings. The Morgan fingerprint density at radius 3 is 2.59 bits per heavy atom. The van der Waals surface area contributed by atoms with E-state index < -0.39 is 10.0 Å². The molecule has 0 saturated carbocycles. The van der Waals surface area contributed by atoms with E-state index in [4.69, 9.17) is 9.47 Å². The molecule has 6 nitrogen and oxygen atoms in total. The van der Waals surface area contributed by atoms with Gasteiger partial charge in [-0.1, -0.05) is 6.07 Å². The van der Waals surface area contributed by atoms with Crippen molar-refractivity contribution >= 4 is 15.7 Å². The number of nitrogens with zero attached hydrogens (tertiary/aromatic N) is 1. The minimum atomic E-state index is -3.79. The number of anilines is 1. The molecule has 1 saturated heterocycles. The van der Waals surface area contributed by atoms with E-state index in [0.717, 1.165) is 61.3 Å². The highest BCUT2D eigenvalue weighted by atomic mass is 32.2. The standard InChI is InChI=1S/C25H33NO5S/c1-17-12-18(2)23-6-4-19(3)26(24(23)13-17)32(28,29)22-5-7-25(21(14-22)15-27)31-16-20-8-10-30-11-9-20/h5,7,12-14,19-20,27H,4,6,8-11,15-16H2,1-3H3/t19-/m0/s1. The Balaban J connectivity index is 1.64. The number of sulfonamides is 1. The second kappa shape index (κ2) is 9.41. The fraction of sp³-hybridized carbons (Fsp3) is 0.520. The third-order valence-corrected chi connectivity index (χ3v) is 8.54. The number of aryl methyl sites for hydroxylation is 2. The van der Waals surface area contributed by atoms with Crippen molar-refractivity contribution in [1.82, 2.24) is 0 Å². The molecule has 1 N–H and O–H groups in total. The molecule has 0 bridgehead atoms. The number of aliphatic hydroxyl groups is 1. The molecular weight excluding hydrogens is 426 g/mol. The Hall–Kier alpha value is -2.09. The summed E-state index contributed by atoms with van der Waals surface area (Å²) in [6.45, 7) is 7.73. The van der Waals surface area contributed by atoms with Gasteiger partial charge in [-0.3, -0.25) is 4.31 Å². The molecule has 174 valence electrons. The van der Waals surface area contributed by atoms with Gasteiger partial charge in [0, 0.05) is 24.8 Å². The van der Waals surface area contributed by atoms with Crippen molar-refractivity contribution in [1.29, 1.82) is 0 Å². The van der Waals surface area contributed by atoms with Gasteiger partial charge in [0.05, 0.1) is 23.8 Å². The highest BCUT2D eigenvalue weighted by molar-refractivity contribution is 7.92. The number of hydrogen-bond donors (Lipinski definition) is 1. The fourth-order valence-corrected chi connectivity index (χ4v) is 6.55. The van der Waals surface area contributed by atoms with Crippen LogP contribution in [0.4, 0.5) is 5.69 Å². The molecule has 0 amide bonds. The number of hydrogen-bond acceptors (Lipinski definition) is 5. The van der Waals surface area contributed by atoms with Crippen LogP contribution in [0.15, 0.2) is 35.2 Å². The molecule has 2 aliphatic rings. The summed E-state index contributed by atoms with van der Waals surface area (Å²) < 4.78 is 40.4. The minimum absolute atomic E-state index is 0.143. The topological polar surface area (TPSA) is 76.1 Å². The Kier molecular flexibility index (Phi) is 6.79. The monoisotopic (exact) mass is 459 g/mol. The van der Waals surface area contributed by atoms with Crippen molar-refractivity contribution < 1.29 is 23.0 Å². The van der Waals surface area contributed by atoms with Gasteiger partial charge in [0.2, 0.25) is 0 Å². The zero-order chi connectivity index (χ0) is 22.9. The average Bonchev–Trinajstić information content (AvgIpc) is 2.77. The maximum absolute atomic E-state index is 13.8. The van der Waals surface area contributed by atoms with E-state index in [0.29, 0.717) is 23.8 Å². The van der Waals surface area contributed by atoms with E-state index >= 15 is 0 Å². The highest BCUT2D eigenvalue weighted by Gasteiger charge is 2.35. The molecule has 0 unspecified atom stereocenters. The first-order chi connectivity index (χ1) is 15.3. The number of benzene rings is 2. The minimum Gasteiger partial charge on any atom is -0.493 e. The van der Waals surface area contributed by atoms with Gasteiger partial charge in [0.25, 0.3) is 10.0 Å². The van der Waals surface area contributed by atoms with E-state index in [1.165, 1.54) is 0 Å². The summed E-state index contributed by atoms with van der Waals surface area (Å²) >= 11 is 0. The van der Waals surface area contributed by atoms with Gasteiger partial charge in [0.15, 0.2) is 0 Å². The van der Waals surface area contributed by atoms with E-state index in [1.54, 1.807) is 22.5 Å². The predicted octanol–water partition coefficient (Wildman–Crippen LogP) is 4.13. The van der Waals surface area contributed by atoms with Crippen molar-refractivity contribution in [2.24, 2.45) is 5.92 Å². The molecule has 7 heteroatoms. The second-order valence-corrected chi connectivity index (χ2v) is 10.9. The van der Waals surface area contributed by atoms with Gasteiger partial charge in [0.1, 0.15) is 5.75 Å². The van der Waals surface area contributed by atoms with Crippen LogP contribution in [0.2, 0.25) is 0 Å². The van der Waals surface area contributed by atoms with Crippen LogP contribution in [-0.2, 0) is 27.8 Å². The molecular formula is C25H33NO5S. The fourth-order valence-electron chi connectivity index (χ4n) is 4.79. The highest BCUT2D eigenvalue weighted by Crippen LogP contribution is 2.38. The van der Waals surface area contributed by atoms with Crippen molar-refractivity contribution in [2.45, 2.75) is 64.0 Å². The van der Waals surface area contributed by atoms with E-state index in [-0.39, 0.29) is 17.5 Å². The van der Waals surface area contributed by atoms with Crippen molar-refractivity contribution in [3.63, 3.8) is 0 Å². The van der Waals surface area contributed by atoms with Crippen LogP contribution >= 0.6 is 0 Å². The predicted molar refractivity (Wildman–Crippen MR) is 125 cm³/mol. The molecule has 0 spiro atoms. The summed E-state index contributed by atoms with van der Waals surface area (Å²) in [7, 11) is -3.79. The maximum atomic E-state index is 13.8. The Morgan fingerprint density at radius 2 is 1.88 bits per heavy atom. The lowest BCUT2D eigenvalue weighted by Gasteiger charge is -2.37. The second-order valence-electron chi connectivity index (χ2n) is 9.06. The molecule has 1 atom stereocenters. The van der Waals surface area contributed by atoms with Crippen LogP contribution in [0.5, 0.6) is 5.75 Å². The molecule has 2 heterocycles. The van der Waals surface area contributed by atoms with Gasteiger partial charge in [-0.25, -0.2) is 8.42 Å². The normalized spacial score (nSPS) is 19.6. The molecule has 0 aliphatic carbocycles. The molecule has 1 fully saturated rings. The lowest BCUT2D eigenvalue weighted by Crippen LogP contribution is -2.42. The summed E-state index contributed by atoms with van der Waals surface area (Å²) in [5.74, 6) is 0.951. The third-order valence-electron chi connectivity index (χ3n) is 6.62. The molecule has 4 rings (SSSR count). The zero-order valence-corrected chi connectivity index (χ0v) is 20.0. The number of aliphatic hydroxyl groups excluding tert-OH is 1. The number of fused-ring (bicyclic) bond motifs is 1. The van der Waals surface area contributed by atoms with Crippen LogP contribution in [0.1, 0.15) is 48.4 Å². The lowest BCUT2D eigenvalue weighted by atomic mass is 9.93. The van der Waals surface area contributed by atoms with Crippen LogP contribution in [0, 0.1) is 19.8 Å². The molecule has 0 radical (unpaired) electrons. The quantitative estimate of drug-likeness (QED) is 0.703. The maximum Gasteiger partial charge on any atom is 0.264 e. The smallest absolute Gasteiger partial charge is 0.264 e. The Bertz CT molecular complexity index is 1080. The average molecular weight is 460 g/mol. The molecule has 32 heavy (non-hydrogen) atoms. The Morgan fingerprint density at radius 1 is 1.12 bits per heavy atom. The van der Waals surface area contributed by atoms with E-state index in [1.807, 2.05) is 26.8 Å². The number of rotatable bonds is 6. The number of ether oxygens (including phenoxy) is 2. The zero-order valence-electron chi connectivity index (χ0n) is 19.1. The molecule has 2 aromatic carbocycles. The summed E-state index contributed by atoms with van der Waals surface area (Å²) in [5.41, 5.74) is 4.52. The van der Waals surface area contributed by atoms with Gasteiger partial charge in [-0.15, -0.1) is 0 Å². The van der Waals surface area contributed by atoms with Gasteiger partial charge < -0.3 is 14.6 Å². The summed E-state index contributed by atoms with van der Waals surface area (Å²) in [6.07, 6.45) is 3.54. The van der Waals surface area contributed by atoms with Crippen LogP contribution in [0.25, 0.3) is 0 Å². The SMILES string of the molecule is Cc1cc(C)c2c(c1)N(S(=O)(=O)c1ccc(OCC3CCOCC3)c(CO)c1)[C@@H](C)CC2. The summed E-state index contributed by atoms with van der Waals surface area (Å²) in [4.78, 5) is 0.179. The first kappa shape index (κ1) is 23.1. The molecule has 2 aliphatic heterocycles. The largest absolute Gasteiger partial charge is 0.493 e. The van der Waals surface area contributed by atoms with Crippen molar-refractivity contribution in [2.75, 3.05) is 24.1 Å². The van der Waals surface area contributed by atoms with Crippen LogP contribution in [0.3, 0.4) is 0 Å². The Labute approximate surface area is 191 Å². The van der Waals surface area contributed by atoms with Crippen molar-refractivity contribution in [3.8, 4) is 5.75 Å². The van der Waals surface area contributed by atoms with E-state index in [2.05, 4.69) is 6.07 Å². The molecule has 0 aromatic heterocycles. The lowest BCUT2D eigenvalue weighted by molar-refractivity contribution is 0.0494. The summed E-state index contributed by atoms with van der Waals surface area (Å²) in [5, 5.41) is 9.93. The van der Waals surface area contributed by atoms with Crippen molar-refractivity contribution in [3.05, 3.63) is 52.6 Å². The van der Waals surface area contributed by atoms with Gasteiger partial charge in [-0.05, 0) is 93.3 Å². The summed E-state index contributed by atoms with van der Waals surface area (Å²) in [6, 6.07) is 8.75. The van der Waals surface area contributed by atoms with Gasteiger partial charge in [-0.2, -0.15) is 0 Å². The first-order valence-electron chi connectivity index (χ1n) is 11.4.